The molecule has 4 rings (SSSR count). The number of hydrogen-bond donors (Lipinski definition) is 1. The van der Waals surface area contributed by atoms with Crippen LogP contribution < -0.4 is 4.74 Å². The zero-order valence-electron chi connectivity index (χ0n) is 16.3. The monoisotopic (exact) mass is 452 g/mol. The first-order chi connectivity index (χ1) is 15.0. The lowest BCUT2D eigenvalue weighted by Gasteiger charge is -2.07. The van der Waals surface area contributed by atoms with Crippen LogP contribution in [-0.4, -0.2) is 33.1 Å². The van der Waals surface area contributed by atoms with Gasteiger partial charge in [0.25, 0.3) is 5.69 Å². The third kappa shape index (κ3) is 4.16. The summed E-state index contributed by atoms with van der Waals surface area (Å²) < 4.78 is 7.49. The van der Waals surface area contributed by atoms with Crippen LogP contribution in [0.15, 0.2) is 64.3 Å². The number of ether oxygens (including phenoxy) is 1. The topological polar surface area (TPSA) is 102 Å². The van der Waals surface area contributed by atoms with Gasteiger partial charge in [-0.05, 0) is 49.5 Å². The van der Waals surface area contributed by atoms with Gasteiger partial charge >= 0.3 is 0 Å². The minimum atomic E-state index is -0.461. The van der Waals surface area contributed by atoms with E-state index in [4.69, 9.17) is 17.0 Å². The molecule has 2 heterocycles. The van der Waals surface area contributed by atoms with Crippen molar-refractivity contribution in [3.63, 3.8) is 0 Å². The number of nitro groups is 1. The lowest BCUT2D eigenvalue weighted by Crippen LogP contribution is -2.03. The number of nitro benzene ring substituents is 1. The first-order valence-electron chi connectivity index (χ1n) is 9.24. The summed E-state index contributed by atoms with van der Waals surface area (Å²) in [5.41, 5.74) is 2.33. The van der Waals surface area contributed by atoms with E-state index in [0.29, 0.717) is 38.0 Å². The molecule has 156 valence electrons. The normalized spacial score (nSPS) is 14.1. The molecule has 0 amide bonds. The number of thiazole rings is 1. The molecule has 0 aliphatic carbocycles. The van der Waals surface area contributed by atoms with Crippen LogP contribution in [0.4, 0.5) is 5.69 Å². The molecule has 8 nitrogen and oxygen atoms in total. The highest BCUT2D eigenvalue weighted by molar-refractivity contribution is 7.73. The Morgan fingerprint density at radius 3 is 2.77 bits per heavy atom. The maximum Gasteiger partial charge on any atom is 0.270 e. The molecule has 0 unspecified atom stereocenters. The fourth-order valence-electron chi connectivity index (χ4n) is 3.07. The highest BCUT2D eigenvalue weighted by Crippen LogP contribution is 2.33. The van der Waals surface area contributed by atoms with Gasteiger partial charge in [-0.2, -0.15) is 5.10 Å². The van der Waals surface area contributed by atoms with Crippen molar-refractivity contribution >= 4 is 47.2 Å². The summed E-state index contributed by atoms with van der Waals surface area (Å²) in [6.07, 6.45) is 3.26. The number of rotatable bonds is 6. The predicted octanol–water partition coefficient (Wildman–Crippen LogP) is 5.15. The van der Waals surface area contributed by atoms with E-state index in [1.165, 1.54) is 29.7 Å². The third-order valence-electron chi connectivity index (χ3n) is 4.46. The molecular weight excluding hydrogens is 436 g/mol. The minimum Gasteiger partial charge on any atom is -0.494 e. The van der Waals surface area contributed by atoms with Crippen molar-refractivity contribution in [1.29, 1.82) is 0 Å². The van der Waals surface area contributed by atoms with Crippen LogP contribution in [0.25, 0.3) is 11.8 Å². The Labute approximate surface area is 186 Å². The molecule has 3 aromatic rings. The first kappa shape index (κ1) is 20.6. The number of hydrogen-bond acceptors (Lipinski definition) is 8. The average Bonchev–Trinajstić information content (AvgIpc) is 3.33. The maximum absolute atomic E-state index is 11.1. The van der Waals surface area contributed by atoms with E-state index in [-0.39, 0.29) is 11.6 Å². The highest BCUT2D eigenvalue weighted by atomic mass is 32.1. The Balaban J connectivity index is 1.69. The third-order valence-corrected chi connectivity index (χ3v) is 5.77. The zero-order valence-corrected chi connectivity index (χ0v) is 17.9. The molecule has 0 spiro atoms. The van der Waals surface area contributed by atoms with Gasteiger partial charge in [0, 0.05) is 23.3 Å². The quantitative estimate of drug-likeness (QED) is 0.316. The summed E-state index contributed by atoms with van der Waals surface area (Å²) in [7, 11) is 0. The molecule has 1 aromatic heterocycles. The number of aromatic hydroxyl groups is 1. The van der Waals surface area contributed by atoms with E-state index >= 15 is 0 Å². The largest absolute Gasteiger partial charge is 0.494 e. The Morgan fingerprint density at radius 2 is 2.06 bits per heavy atom. The second-order valence-corrected chi connectivity index (χ2v) is 8.09. The van der Waals surface area contributed by atoms with Crippen molar-refractivity contribution in [3.05, 3.63) is 78.6 Å². The Hall–Kier alpha value is -3.63. The summed E-state index contributed by atoms with van der Waals surface area (Å²) in [5, 5.41) is 29.9. The van der Waals surface area contributed by atoms with E-state index in [1.54, 1.807) is 22.8 Å². The van der Waals surface area contributed by atoms with E-state index < -0.39 is 4.92 Å². The summed E-state index contributed by atoms with van der Waals surface area (Å²) in [4.78, 5) is 11.2. The van der Waals surface area contributed by atoms with Gasteiger partial charge in [-0.1, -0.05) is 12.1 Å². The second-order valence-electron chi connectivity index (χ2n) is 6.42. The number of allylic oxidation sites excluding steroid dienone is 1. The zero-order chi connectivity index (χ0) is 22.0. The number of benzene rings is 2. The molecule has 2 aromatic carbocycles. The van der Waals surface area contributed by atoms with Gasteiger partial charge < -0.3 is 9.84 Å². The molecular formula is C21H16N4O4S2. The van der Waals surface area contributed by atoms with Crippen molar-refractivity contribution in [1.82, 2.24) is 4.57 Å². The predicted molar refractivity (Wildman–Crippen MR) is 123 cm³/mol. The molecule has 10 heteroatoms. The van der Waals surface area contributed by atoms with Crippen LogP contribution >= 0.6 is 23.6 Å². The molecule has 1 N–H and O–H groups in total. The first-order valence-corrected chi connectivity index (χ1v) is 10.5. The molecule has 0 bridgehead atoms. The fourth-order valence-corrected chi connectivity index (χ4v) is 4.37. The van der Waals surface area contributed by atoms with Gasteiger partial charge in [-0.3, -0.25) is 14.7 Å². The standard InChI is InChI=1S/C21H16N4O4S2/c1-2-29-17-8-6-15(7-9-17)24-20(26)18(31-21(24)30)11-14-12-22-23-19(14)13-4-3-5-16(10-13)25(27)28/h3-12,26H,2H2,1H3/b14-11-. The van der Waals surface area contributed by atoms with Gasteiger partial charge in [-0.15, -0.1) is 16.4 Å². The van der Waals surface area contributed by atoms with Gasteiger partial charge in [0.15, 0.2) is 3.95 Å². The fraction of sp³-hybridized carbons (Fsp3) is 0.0952. The molecule has 0 saturated heterocycles. The van der Waals surface area contributed by atoms with Gasteiger partial charge in [-0.25, -0.2) is 0 Å². The average molecular weight is 453 g/mol. The Kier molecular flexibility index (Phi) is 5.74. The SMILES string of the molecule is CCOc1ccc(-n2c(O)c(/C=C3/C=NN=C3c3cccc([N+](=O)[O-])c3)sc2=S)cc1. The van der Waals surface area contributed by atoms with Crippen LogP contribution in [0.3, 0.4) is 0 Å². The smallest absolute Gasteiger partial charge is 0.270 e. The van der Waals surface area contributed by atoms with E-state index in [2.05, 4.69) is 10.2 Å². The van der Waals surface area contributed by atoms with Gasteiger partial charge in [0.1, 0.15) is 11.5 Å². The van der Waals surface area contributed by atoms with Crippen LogP contribution in [-0.2, 0) is 0 Å². The molecule has 31 heavy (non-hydrogen) atoms. The van der Waals surface area contributed by atoms with Crippen LogP contribution in [0.2, 0.25) is 0 Å². The van der Waals surface area contributed by atoms with Gasteiger partial charge in [0.2, 0.25) is 5.88 Å². The van der Waals surface area contributed by atoms with Crippen LogP contribution in [0.1, 0.15) is 17.4 Å². The summed E-state index contributed by atoms with van der Waals surface area (Å²) in [6.45, 7) is 2.47. The molecule has 1 aliphatic heterocycles. The van der Waals surface area contributed by atoms with Crippen molar-refractivity contribution < 1.29 is 14.8 Å². The Morgan fingerprint density at radius 1 is 1.29 bits per heavy atom. The number of nitrogens with zero attached hydrogens (tertiary/aromatic N) is 4. The molecule has 1 aliphatic rings. The summed E-state index contributed by atoms with van der Waals surface area (Å²) in [5.74, 6) is 0.722. The number of non-ortho nitro benzene ring substituents is 1. The van der Waals surface area contributed by atoms with E-state index in [1.807, 2.05) is 31.2 Å². The van der Waals surface area contributed by atoms with Crippen LogP contribution in [0.5, 0.6) is 11.6 Å². The van der Waals surface area contributed by atoms with E-state index in [9.17, 15) is 15.2 Å². The molecule has 0 atom stereocenters. The lowest BCUT2D eigenvalue weighted by molar-refractivity contribution is -0.384. The second kappa shape index (κ2) is 8.62. The highest BCUT2D eigenvalue weighted by Gasteiger charge is 2.19. The molecule has 0 radical (unpaired) electrons. The Bertz CT molecular complexity index is 1300. The van der Waals surface area contributed by atoms with Crippen molar-refractivity contribution in [2.45, 2.75) is 6.92 Å². The molecule has 0 fully saturated rings. The summed E-state index contributed by atoms with van der Waals surface area (Å²) >= 11 is 6.70. The number of aromatic nitrogens is 1. The van der Waals surface area contributed by atoms with Crippen LogP contribution in [0, 0.1) is 14.1 Å². The van der Waals surface area contributed by atoms with Gasteiger partial charge in [0.05, 0.1) is 28.3 Å². The lowest BCUT2D eigenvalue weighted by atomic mass is 10.0. The minimum absolute atomic E-state index is 0.00893. The van der Waals surface area contributed by atoms with Crippen molar-refractivity contribution in [2.75, 3.05) is 6.61 Å². The summed E-state index contributed by atoms with van der Waals surface area (Å²) in [6, 6.07) is 13.4. The maximum atomic E-state index is 11.1. The molecule has 0 saturated carbocycles. The van der Waals surface area contributed by atoms with Crippen molar-refractivity contribution in [2.24, 2.45) is 10.2 Å². The van der Waals surface area contributed by atoms with E-state index in [0.717, 1.165) is 5.75 Å². The van der Waals surface area contributed by atoms with Crippen molar-refractivity contribution in [3.8, 4) is 17.3 Å².